The van der Waals surface area contributed by atoms with E-state index < -0.39 is 27.5 Å². The van der Waals surface area contributed by atoms with Crippen molar-refractivity contribution < 1.29 is 14.6 Å². The maximum Gasteiger partial charge on any atom is 0.304 e. The van der Waals surface area contributed by atoms with Crippen LogP contribution in [0.5, 0.6) is 0 Å². The number of nitrogens with one attached hydrogen (secondary N) is 1. The Labute approximate surface area is 183 Å². The highest BCUT2D eigenvalue weighted by molar-refractivity contribution is 6.45. The molecule has 3 aromatic rings. The zero-order chi connectivity index (χ0) is 22.7. The topological polar surface area (TPSA) is 180 Å². The van der Waals surface area contributed by atoms with Gasteiger partial charge in [-0.15, -0.1) is 0 Å². The number of amides is 1. The molecule has 0 fully saturated rings. The van der Waals surface area contributed by atoms with E-state index in [1.165, 1.54) is 30.3 Å². The average molecular weight is 464 g/mol. The fourth-order valence-electron chi connectivity index (χ4n) is 2.63. The molecule has 0 spiro atoms. The monoisotopic (exact) mass is 463 g/mol. The number of halogens is 2. The Morgan fingerprint density at radius 1 is 1.10 bits per heavy atom. The van der Waals surface area contributed by atoms with Gasteiger partial charge in [0.15, 0.2) is 0 Å². The molecule has 1 amide bonds. The Balaban J connectivity index is 1.99. The van der Waals surface area contributed by atoms with Crippen molar-refractivity contribution in [1.82, 2.24) is 9.97 Å². The molecule has 0 aliphatic heterocycles. The third kappa shape index (κ3) is 4.65. The van der Waals surface area contributed by atoms with Crippen molar-refractivity contribution in [3.8, 4) is 0 Å². The number of nitro benzene ring substituents is 1. The summed E-state index contributed by atoms with van der Waals surface area (Å²) in [6.45, 7) is 0. The molecule has 3 N–H and O–H groups in total. The molecule has 3 rings (SSSR count). The lowest BCUT2D eigenvalue weighted by Crippen LogP contribution is -2.34. The number of rotatable bonds is 6. The standard InChI is InChI=1S/C17H11Cl2N7O5/c18-10-3-1-8(5-11(10)19)22-17(27)15(24-20)16(26(30)31)14-7-21-12-4-2-9(25(28)29)6-13(12)23-14/h1-7,16H,20H2,(H,22,27)/b24-15-/t16-/m1/s1. The number of hydrogen-bond donors (Lipinski definition) is 2. The number of hydrazone groups is 1. The first-order valence-corrected chi connectivity index (χ1v) is 9.05. The van der Waals surface area contributed by atoms with E-state index >= 15 is 0 Å². The van der Waals surface area contributed by atoms with E-state index in [4.69, 9.17) is 29.0 Å². The van der Waals surface area contributed by atoms with Crippen LogP contribution in [-0.4, -0.2) is 31.4 Å². The molecule has 1 aromatic heterocycles. The first-order valence-electron chi connectivity index (χ1n) is 8.30. The second-order valence-electron chi connectivity index (χ2n) is 6.01. The van der Waals surface area contributed by atoms with Crippen LogP contribution in [0.1, 0.15) is 11.7 Å². The second-order valence-corrected chi connectivity index (χ2v) is 6.82. The van der Waals surface area contributed by atoms with Crippen LogP contribution in [0, 0.1) is 20.2 Å². The molecule has 2 aromatic carbocycles. The van der Waals surface area contributed by atoms with Gasteiger partial charge in [0.05, 0.1) is 32.2 Å². The van der Waals surface area contributed by atoms with Crippen LogP contribution in [-0.2, 0) is 4.79 Å². The van der Waals surface area contributed by atoms with Crippen molar-refractivity contribution in [1.29, 1.82) is 0 Å². The minimum absolute atomic E-state index is 0.0276. The van der Waals surface area contributed by atoms with Gasteiger partial charge in [0, 0.05) is 22.7 Å². The molecule has 0 saturated heterocycles. The van der Waals surface area contributed by atoms with Gasteiger partial charge in [0.25, 0.3) is 11.6 Å². The summed E-state index contributed by atoms with van der Waals surface area (Å²) < 4.78 is 0. The minimum atomic E-state index is -1.89. The SMILES string of the molecule is N/N=C(\C(=O)Nc1ccc(Cl)c(Cl)c1)[C@@H](c1cnc2ccc([N+](=O)[O-])cc2n1)[N+](=O)[O-]. The molecule has 0 radical (unpaired) electrons. The molecule has 31 heavy (non-hydrogen) atoms. The smallest absolute Gasteiger partial charge is 0.304 e. The van der Waals surface area contributed by atoms with Crippen LogP contribution in [0.15, 0.2) is 47.7 Å². The fraction of sp³-hybridized carbons (Fsp3) is 0.0588. The molecular formula is C17H11Cl2N7O5. The molecule has 0 aliphatic rings. The van der Waals surface area contributed by atoms with Gasteiger partial charge in [0.2, 0.25) is 5.71 Å². The molecular weight excluding hydrogens is 453 g/mol. The summed E-state index contributed by atoms with van der Waals surface area (Å²) >= 11 is 11.7. The summed E-state index contributed by atoms with van der Waals surface area (Å²) in [6, 6.07) is 5.98. The van der Waals surface area contributed by atoms with Gasteiger partial charge >= 0.3 is 6.04 Å². The lowest BCUT2D eigenvalue weighted by atomic mass is 10.1. The van der Waals surface area contributed by atoms with Crippen LogP contribution in [0.4, 0.5) is 11.4 Å². The van der Waals surface area contributed by atoms with Crippen molar-refractivity contribution in [2.24, 2.45) is 10.9 Å². The van der Waals surface area contributed by atoms with Crippen LogP contribution < -0.4 is 11.2 Å². The molecule has 1 atom stereocenters. The summed E-state index contributed by atoms with van der Waals surface area (Å²) in [7, 11) is 0. The average Bonchev–Trinajstić information content (AvgIpc) is 2.73. The predicted octanol–water partition coefficient (Wildman–Crippen LogP) is 3.12. The Morgan fingerprint density at radius 2 is 1.84 bits per heavy atom. The molecule has 0 saturated carbocycles. The number of anilines is 1. The lowest BCUT2D eigenvalue weighted by molar-refractivity contribution is -0.509. The number of non-ortho nitro benzene ring substituents is 1. The van der Waals surface area contributed by atoms with E-state index in [0.29, 0.717) is 0 Å². The molecule has 1 heterocycles. The normalized spacial score (nSPS) is 12.4. The van der Waals surface area contributed by atoms with E-state index in [0.717, 1.165) is 12.3 Å². The molecule has 158 valence electrons. The fourth-order valence-corrected chi connectivity index (χ4v) is 2.93. The maximum absolute atomic E-state index is 12.6. The highest BCUT2D eigenvalue weighted by atomic mass is 35.5. The van der Waals surface area contributed by atoms with Crippen LogP contribution in [0.25, 0.3) is 11.0 Å². The number of benzene rings is 2. The lowest BCUT2D eigenvalue weighted by Gasteiger charge is -2.12. The van der Waals surface area contributed by atoms with E-state index in [1.807, 2.05) is 0 Å². The highest BCUT2D eigenvalue weighted by Crippen LogP contribution is 2.26. The number of nitrogens with zero attached hydrogens (tertiary/aromatic N) is 5. The molecule has 12 nitrogen and oxygen atoms in total. The van der Waals surface area contributed by atoms with Crippen LogP contribution in [0.2, 0.25) is 10.0 Å². The van der Waals surface area contributed by atoms with Crippen molar-refractivity contribution in [3.05, 3.63) is 78.6 Å². The Hall–Kier alpha value is -3.90. The highest BCUT2D eigenvalue weighted by Gasteiger charge is 2.37. The second kappa shape index (κ2) is 8.85. The predicted molar refractivity (Wildman–Crippen MR) is 113 cm³/mol. The van der Waals surface area contributed by atoms with Gasteiger partial charge < -0.3 is 11.2 Å². The Bertz CT molecular complexity index is 1250. The van der Waals surface area contributed by atoms with Crippen molar-refractivity contribution in [2.75, 3.05) is 5.32 Å². The molecule has 0 bridgehead atoms. The summed E-state index contributed by atoms with van der Waals surface area (Å²) in [5.74, 6) is 4.29. The third-order valence-corrected chi connectivity index (χ3v) is 4.79. The van der Waals surface area contributed by atoms with Gasteiger partial charge in [0.1, 0.15) is 5.69 Å². The van der Waals surface area contributed by atoms with Crippen molar-refractivity contribution in [2.45, 2.75) is 6.04 Å². The Kier molecular flexibility index (Phi) is 6.22. The minimum Gasteiger partial charge on any atom is -0.323 e. The Morgan fingerprint density at radius 3 is 2.45 bits per heavy atom. The number of fused-ring (bicyclic) bond motifs is 1. The largest absolute Gasteiger partial charge is 0.323 e. The van der Waals surface area contributed by atoms with Gasteiger partial charge in [-0.3, -0.25) is 30.0 Å². The van der Waals surface area contributed by atoms with Gasteiger partial charge in [-0.05, 0) is 24.3 Å². The first kappa shape index (κ1) is 21.8. The van der Waals surface area contributed by atoms with Gasteiger partial charge in [-0.25, -0.2) is 4.98 Å². The van der Waals surface area contributed by atoms with Crippen molar-refractivity contribution >= 4 is 57.2 Å². The quantitative estimate of drug-likeness (QED) is 0.242. The number of nitrogens with two attached hydrogens (primary N) is 1. The number of carbonyl (C=O) groups is 1. The number of carbonyl (C=O) groups excluding carboxylic acids is 1. The summed E-state index contributed by atoms with van der Waals surface area (Å²) in [6.07, 6.45) is 1.07. The van der Waals surface area contributed by atoms with Crippen LogP contribution in [0.3, 0.4) is 0 Å². The van der Waals surface area contributed by atoms with Gasteiger partial charge in [-0.2, -0.15) is 5.10 Å². The van der Waals surface area contributed by atoms with E-state index in [1.54, 1.807) is 0 Å². The molecule has 0 unspecified atom stereocenters. The zero-order valence-corrected chi connectivity index (χ0v) is 16.7. The first-order chi connectivity index (χ1) is 14.7. The van der Waals surface area contributed by atoms with Crippen molar-refractivity contribution in [3.63, 3.8) is 0 Å². The maximum atomic E-state index is 12.6. The summed E-state index contributed by atoms with van der Waals surface area (Å²) in [5.41, 5.74) is -0.742. The van der Waals surface area contributed by atoms with E-state index in [9.17, 15) is 25.0 Å². The molecule has 14 heteroatoms. The van der Waals surface area contributed by atoms with Crippen LogP contribution >= 0.6 is 23.2 Å². The summed E-state index contributed by atoms with van der Waals surface area (Å²) in [4.78, 5) is 42.0. The summed E-state index contributed by atoms with van der Waals surface area (Å²) in [5, 5.41) is 28.8. The van der Waals surface area contributed by atoms with E-state index in [2.05, 4.69) is 20.4 Å². The van der Waals surface area contributed by atoms with E-state index in [-0.39, 0.29) is 38.1 Å². The zero-order valence-electron chi connectivity index (χ0n) is 15.2. The van der Waals surface area contributed by atoms with Gasteiger partial charge in [-0.1, -0.05) is 23.2 Å². The number of hydrogen-bond acceptors (Lipinski definition) is 9. The number of nitro groups is 2. The third-order valence-electron chi connectivity index (χ3n) is 4.05. The number of aromatic nitrogens is 2. The molecule has 0 aliphatic carbocycles.